The molecule has 1 unspecified atom stereocenters. The van der Waals surface area contributed by atoms with Gasteiger partial charge in [-0.2, -0.15) is 4.31 Å². The van der Waals surface area contributed by atoms with Gasteiger partial charge in [0.25, 0.3) is 0 Å². The Labute approximate surface area is 113 Å². The van der Waals surface area contributed by atoms with Gasteiger partial charge in [0.05, 0.1) is 11.9 Å². The Balaban J connectivity index is 2.62. The van der Waals surface area contributed by atoms with Crippen molar-refractivity contribution < 1.29 is 13.2 Å². The fourth-order valence-corrected chi connectivity index (χ4v) is 4.27. The quantitative estimate of drug-likeness (QED) is 0.672. The van der Waals surface area contributed by atoms with E-state index in [9.17, 15) is 8.42 Å². The van der Waals surface area contributed by atoms with Crippen LogP contribution in [0.1, 0.15) is 33.1 Å². The third kappa shape index (κ3) is 4.85. The molecule has 6 heteroatoms. The summed E-state index contributed by atoms with van der Waals surface area (Å²) in [5.74, 6) is 0.132. The van der Waals surface area contributed by atoms with Crippen molar-refractivity contribution in [3.63, 3.8) is 0 Å². The summed E-state index contributed by atoms with van der Waals surface area (Å²) in [6.45, 7) is 5.11. The molecule has 0 aliphatic carbocycles. The number of hydrogen-bond acceptors (Lipinski definition) is 3. The minimum Gasteiger partial charge on any atom is -0.377 e. The summed E-state index contributed by atoms with van der Waals surface area (Å²) in [6.07, 6.45) is 2.57. The highest BCUT2D eigenvalue weighted by Gasteiger charge is 2.29. The summed E-state index contributed by atoms with van der Waals surface area (Å²) >= 11 is 3.34. The molecule has 0 saturated carbocycles. The van der Waals surface area contributed by atoms with Crippen molar-refractivity contribution in [1.82, 2.24) is 4.31 Å². The van der Waals surface area contributed by atoms with Crippen LogP contribution in [-0.4, -0.2) is 49.1 Å². The lowest BCUT2D eigenvalue weighted by molar-refractivity contribution is 0.126. The Kier molecular flexibility index (Phi) is 6.40. The Morgan fingerprint density at radius 1 is 1.47 bits per heavy atom. The first kappa shape index (κ1) is 15.4. The highest BCUT2D eigenvalue weighted by atomic mass is 79.9. The van der Waals surface area contributed by atoms with Crippen LogP contribution in [0.2, 0.25) is 0 Å². The van der Waals surface area contributed by atoms with Crippen molar-refractivity contribution in [1.29, 1.82) is 0 Å². The first-order valence-corrected chi connectivity index (χ1v) is 8.87. The molecule has 1 fully saturated rings. The van der Waals surface area contributed by atoms with Crippen LogP contribution in [0.5, 0.6) is 0 Å². The average Bonchev–Trinajstić information content (AvgIpc) is 2.69. The van der Waals surface area contributed by atoms with Crippen molar-refractivity contribution in [2.45, 2.75) is 45.3 Å². The molecule has 1 atom stereocenters. The van der Waals surface area contributed by atoms with Gasteiger partial charge in [0.1, 0.15) is 0 Å². The van der Waals surface area contributed by atoms with Crippen molar-refractivity contribution in [3.05, 3.63) is 0 Å². The zero-order valence-corrected chi connectivity index (χ0v) is 13.0. The number of nitrogens with zero attached hydrogens (tertiary/aromatic N) is 1. The zero-order valence-electron chi connectivity index (χ0n) is 10.6. The van der Waals surface area contributed by atoms with E-state index in [1.54, 1.807) is 4.31 Å². The van der Waals surface area contributed by atoms with Gasteiger partial charge in [-0.05, 0) is 33.1 Å². The van der Waals surface area contributed by atoms with Crippen molar-refractivity contribution >= 4 is 26.0 Å². The van der Waals surface area contributed by atoms with Crippen LogP contribution in [0.15, 0.2) is 0 Å². The van der Waals surface area contributed by atoms with E-state index in [1.165, 1.54) is 0 Å². The van der Waals surface area contributed by atoms with Crippen LogP contribution < -0.4 is 0 Å². The molecular weight excluding hydrogens is 306 g/mol. The molecule has 0 radical (unpaired) electrons. The highest BCUT2D eigenvalue weighted by molar-refractivity contribution is 9.09. The number of hydrogen-bond donors (Lipinski definition) is 0. The summed E-state index contributed by atoms with van der Waals surface area (Å²) in [4.78, 5) is 0. The average molecular weight is 328 g/mol. The van der Waals surface area contributed by atoms with Crippen molar-refractivity contribution in [3.8, 4) is 0 Å². The van der Waals surface area contributed by atoms with Gasteiger partial charge >= 0.3 is 0 Å². The first-order valence-electron chi connectivity index (χ1n) is 6.14. The second-order valence-corrected chi connectivity index (χ2v) is 7.42. The molecule has 0 bridgehead atoms. The predicted molar refractivity (Wildman–Crippen MR) is 73.0 cm³/mol. The van der Waals surface area contributed by atoms with Gasteiger partial charge in [-0.15, -0.1) is 0 Å². The van der Waals surface area contributed by atoms with Crippen LogP contribution in [-0.2, 0) is 14.8 Å². The highest BCUT2D eigenvalue weighted by Crippen LogP contribution is 2.18. The SMILES string of the molecule is CC(C)N(CCCBr)S(=O)(=O)CC1CCCO1. The Bertz CT molecular complexity index is 313. The molecule has 0 aromatic rings. The third-order valence-corrected chi connectivity index (χ3v) is 5.54. The number of alkyl halides is 1. The largest absolute Gasteiger partial charge is 0.377 e. The minimum absolute atomic E-state index is 0.0143. The topological polar surface area (TPSA) is 46.6 Å². The molecule has 0 spiro atoms. The number of halogens is 1. The monoisotopic (exact) mass is 327 g/mol. The lowest BCUT2D eigenvalue weighted by Crippen LogP contribution is -2.41. The molecule has 1 aliphatic heterocycles. The van der Waals surface area contributed by atoms with E-state index in [4.69, 9.17) is 4.74 Å². The molecule has 0 aromatic heterocycles. The van der Waals surface area contributed by atoms with Crippen LogP contribution in [0.4, 0.5) is 0 Å². The van der Waals surface area contributed by atoms with E-state index in [1.807, 2.05) is 13.8 Å². The smallest absolute Gasteiger partial charge is 0.216 e. The van der Waals surface area contributed by atoms with E-state index < -0.39 is 10.0 Å². The maximum atomic E-state index is 12.3. The summed E-state index contributed by atoms with van der Waals surface area (Å²) in [7, 11) is -3.19. The predicted octanol–water partition coefficient (Wildman–Crippen LogP) is 1.99. The van der Waals surface area contributed by atoms with E-state index in [2.05, 4.69) is 15.9 Å². The molecule has 4 nitrogen and oxygen atoms in total. The lowest BCUT2D eigenvalue weighted by atomic mass is 10.3. The second kappa shape index (κ2) is 7.07. The fourth-order valence-electron chi connectivity index (χ4n) is 2.04. The van der Waals surface area contributed by atoms with Gasteiger partial charge in [0.15, 0.2) is 0 Å². The van der Waals surface area contributed by atoms with Crippen LogP contribution >= 0.6 is 15.9 Å². The molecule has 1 rings (SSSR count). The van der Waals surface area contributed by atoms with E-state index in [0.717, 1.165) is 24.6 Å². The van der Waals surface area contributed by atoms with E-state index >= 15 is 0 Å². The maximum absolute atomic E-state index is 12.3. The molecule has 1 aliphatic rings. The lowest BCUT2D eigenvalue weighted by Gasteiger charge is -2.26. The third-order valence-electron chi connectivity index (χ3n) is 2.87. The van der Waals surface area contributed by atoms with Crippen molar-refractivity contribution in [2.75, 3.05) is 24.2 Å². The Hall–Kier alpha value is 0.350. The molecule has 1 saturated heterocycles. The molecular formula is C11H22BrNO3S. The molecule has 102 valence electrons. The summed E-state index contributed by atoms with van der Waals surface area (Å²) in [5.41, 5.74) is 0. The van der Waals surface area contributed by atoms with Gasteiger partial charge in [0.2, 0.25) is 10.0 Å². The van der Waals surface area contributed by atoms with Gasteiger partial charge in [-0.1, -0.05) is 15.9 Å². The van der Waals surface area contributed by atoms with E-state index in [-0.39, 0.29) is 17.9 Å². The summed E-state index contributed by atoms with van der Waals surface area (Å²) in [5, 5.41) is 0.825. The number of ether oxygens (including phenoxy) is 1. The van der Waals surface area contributed by atoms with Gasteiger partial charge in [0, 0.05) is 24.5 Å². The second-order valence-electron chi connectivity index (χ2n) is 4.66. The molecule has 1 heterocycles. The molecule has 0 aromatic carbocycles. The number of rotatable bonds is 7. The van der Waals surface area contributed by atoms with E-state index in [0.29, 0.717) is 13.2 Å². The Morgan fingerprint density at radius 3 is 2.65 bits per heavy atom. The molecule has 0 N–H and O–H groups in total. The van der Waals surface area contributed by atoms with Crippen LogP contribution in [0, 0.1) is 0 Å². The minimum atomic E-state index is -3.19. The fraction of sp³-hybridized carbons (Fsp3) is 1.00. The van der Waals surface area contributed by atoms with Crippen molar-refractivity contribution in [2.24, 2.45) is 0 Å². The summed E-state index contributed by atoms with van der Waals surface area (Å²) in [6, 6.07) is 0.0143. The number of sulfonamides is 1. The zero-order chi connectivity index (χ0) is 12.9. The Morgan fingerprint density at radius 2 is 2.18 bits per heavy atom. The normalized spacial score (nSPS) is 21.6. The van der Waals surface area contributed by atoms with Crippen LogP contribution in [0.25, 0.3) is 0 Å². The summed E-state index contributed by atoms with van der Waals surface area (Å²) < 4.78 is 31.5. The molecule has 0 amide bonds. The van der Waals surface area contributed by atoms with Crippen LogP contribution in [0.3, 0.4) is 0 Å². The van der Waals surface area contributed by atoms with Gasteiger partial charge in [-0.25, -0.2) is 8.42 Å². The first-order chi connectivity index (χ1) is 7.97. The van der Waals surface area contributed by atoms with Gasteiger partial charge < -0.3 is 4.74 Å². The molecule has 17 heavy (non-hydrogen) atoms. The standard InChI is InChI=1S/C11H22BrNO3S/c1-10(2)13(7-4-6-12)17(14,15)9-11-5-3-8-16-11/h10-11H,3-9H2,1-2H3. The maximum Gasteiger partial charge on any atom is 0.216 e. The van der Waals surface area contributed by atoms with Gasteiger partial charge in [-0.3, -0.25) is 0 Å².